The highest BCUT2D eigenvalue weighted by atomic mass is 19.4. The molecule has 1 heterocycles. The smallest absolute Gasteiger partial charge is 0.426 e. The Morgan fingerprint density at radius 2 is 1.94 bits per heavy atom. The van der Waals surface area contributed by atoms with Crippen molar-refractivity contribution in [3.63, 3.8) is 0 Å². The molecule has 0 fully saturated rings. The van der Waals surface area contributed by atoms with E-state index in [-0.39, 0.29) is 0 Å². The zero-order chi connectivity index (χ0) is 13.3. The van der Waals surface area contributed by atoms with E-state index in [0.29, 0.717) is 0 Å². The Balaban J connectivity index is 2.85. The van der Waals surface area contributed by atoms with E-state index in [1.165, 1.54) is 33.2 Å². The molecule has 0 N–H and O–H groups in total. The summed E-state index contributed by atoms with van der Waals surface area (Å²) in [6, 6.07) is 0. The van der Waals surface area contributed by atoms with Gasteiger partial charge in [-0.1, -0.05) is 20.8 Å². The van der Waals surface area contributed by atoms with Crippen LogP contribution in [0.4, 0.5) is 18.0 Å². The molecule has 7 heteroatoms. The first-order valence-corrected chi connectivity index (χ1v) is 4.88. The van der Waals surface area contributed by atoms with E-state index in [1.54, 1.807) is 0 Å². The van der Waals surface area contributed by atoms with Crippen LogP contribution in [0, 0.1) is 5.41 Å². The van der Waals surface area contributed by atoms with Crippen LogP contribution in [-0.4, -0.2) is 27.9 Å². The average molecular weight is 250 g/mol. The molecule has 0 bridgehead atoms. The molecule has 4 nitrogen and oxygen atoms in total. The van der Waals surface area contributed by atoms with E-state index in [0.717, 1.165) is 10.9 Å². The molecule has 0 amide bonds. The molecule has 1 aromatic rings. The lowest BCUT2D eigenvalue weighted by atomic mass is 9.88. The Morgan fingerprint density at radius 1 is 1.35 bits per heavy atom. The molecule has 0 spiro atoms. The number of alkyl halides is 3. The summed E-state index contributed by atoms with van der Waals surface area (Å²) in [6.45, 7) is 4.06. The second-order valence-electron chi connectivity index (χ2n) is 4.64. The van der Waals surface area contributed by atoms with E-state index < -0.39 is 23.8 Å². The second-order valence-corrected chi connectivity index (χ2v) is 4.64. The minimum atomic E-state index is -4.60. The highest BCUT2D eigenvalue weighted by Crippen LogP contribution is 2.35. The Hall–Kier alpha value is -1.53. The van der Waals surface area contributed by atoms with E-state index in [9.17, 15) is 18.0 Å². The number of imidazole rings is 1. The van der Waals surface area contributed by atoms with Crippen molar-refractivity contribution < 1.29 is 22.7 Å². The van der Waals surface area contributed by atoms with Crippen molar-refractivity contribution >= 4 is 6.09 Å². The highest BCUT2D eigenvalue weighted by molar-refractivity contribution is 5.70. The maximum atomic E-state index is 12.7. The molecule has 0 aliphatic heterocycles. The van der Waals surface area contributed by atoms with Gasteiger partial charge in [0, 0.05) is 17.8 Å². The minimum Gasteiger partial charge on any atom is -0.435 e. The van der Waals surface area contributed by atoms with Gasteiger partial charge in [-0.25, -0.2) is 14.3 Å². The van der Waals surface area contributed by atoms with Crippen molar-refractivity contribution in [3.05, 3.63) is 18.7 Å². The van der Waals surface area contributed by atoms with Gasteiger partial charge in [-0.2, -0.15) is 13.2 Å². The van der Waals surface area contributed by atoms with Crippen LogP contribution in [0.3, 0.4) is 0 Å². The quantitative estimate of drug-likeness (QED) is 0.769. The fourth-order valence-electron chi connectivity index (χ4n) is 1.26. The molecule has 0 radical (unpaired) electrons. The summed E-state index contributed by atoms with van der Waals surface area (Å²) in [5.74, 6) is 0. The number of carbonyl (C=O) groups excluding carboxylic acids is 1. The predicted octanol–water partition coefficient (Wildman–Crippen LogP) is 2.84. The SMILES string of the molecule is CC(C)(C)[C@H](OC(=O)n1ccnc1)C(F)(F)F. The van der Waals surface area contributed by atoms with E-state index in [1.807, 2.05) is 0 Å². The van der Waals surface area contributed by atoms with Gasteiger partial charge in [0.05, 0.1) is 0 Å². The summed E-state index contributed by atoms with van der Waals surface area (Å²) in [7, 11) is 0. The van der Waals surface area contributed by atoms with Gasteiger partial charge in [-0.15, -0.1) is 0 Å². The third kappa shape index (κ3) is 3.47. The number of halogens is 3. The molecule has 0 aliphatic rings. The lowest BCUT2D eigenvalue weighted by Crippen LogP contribution is -2.44. The predicted molar refractivity (Wildman–Crippen MR) is 53.4 cm³/mol. The lowest BCUT2D eigenvalue weighted by molar-refractivity contribution is -0.230. The normalized spacial score (nSPS) is 14.5. The van der Waals surface area contributed by atoms with Crippen LogP contribution in [0.5, 0.6) is 0 Å². The van der Waals surface area contributed by atoms with Crippen LogP contribution in [0.15, 0.2) is 18.7 Å². The Labute approximate surface area is 96.4 Å². The molecule has 1 rings (SSSR count). The highest BCUT2D eigenvalue weighted by Gasteiger charge is 2.50. The molecule has 1 atom stereocenters. The summed E-state index contributed by atoms with van der Waals surface area (Å²) in [4.78, 5) is 15.0. The van der Waals surface area contributed by atoms with Crippen molar-refractivity contribution in [2.45, 2.75) is 33.1 Å². The van der Waals surface area contributed by atoms with Crippen molar-refractivity contribution in [3.8, 4) is 0 Å². The number of rotatable bonds is 1. The third-order valence-corrected chi connectivity index (χ3v) is 2.02. The van der Waals surface area contributed by atoms with Gasteiger partial charge in [-0.3, -0.25) is 0 Å². The summed E-state index contributed by atoms with van der Waals surface area (Å²) in [5.41, 5.74) is -1.23. The molecule has 0 saturated carbocycles. The first-order valence-electron chi connectivity index (χ1n) is 4.88. The van der Waals surface area contributed by atoms with E-state index >= 15 is 0 Å². The van der Waals surface area contributed by atoms with Crippen molar-refractivity contribution in [2.24, 2.45) is 5.41 Å². The first-order chi connectivity index (χ1) is 7.62. The van der Waals surface area contributed by atoms with Gasteiger partial charge in [0.15, 0.2) is 0 Å². The van der Waals surface area contributed by atoms with Crippen molar-refractivity contribution in [1.82, 2.24) is 9.55 Å². The van der Waals surface area contributed by atoms with Gasteiger partial charge in [-0.05, 0) is 0 Å². The Bertz CT molecular complexity index is 365. The fraction of sp³-hybridized carbons (Fsp3) is 0.600. The Morgan fingerprint density at radius 3 is 2.29 bits per heavy atom. The first kappa shape index (κ1) is 13.5. The third-order valence-electron chi connectivity index (χ3n) is 2.02. The van der Waals surface area contributed by atoms with Crippen molar-refractivity contribution in [2.75, 3.05) is 0 Å². The molecule has 0 unspecified atom stereocenters. The zero-order valence-electron chi connectivity index (χ0n) is 9.65. The van der Waals surface area contributed by atoms with Crippen LogP contribution in [0.1, 0.15) is 20.8 Å². The number of hydrogen-bond acceptors (Lipinski definition) is 3. The van der Waals surface area contributed by atoms with Crippen molar-refractivity contribution in [1.29, 1.82) is 0 Å². The number of hydrogen-bond donors (Lipinski definition) is 0. The molecule has 1 aromatic heterocycles. The standard InChI is InChI=1S/C10H13F3N2O2/c1-9(2,3)7(10(11,12)13)17-8(16)15-5-4-14-6-15/h4-7H,1-3H3/t7-/m0/s1. The second kappa shape index (κ2) is 4.38. The molecule has 0 aromatic carbocycles. The lowest BCUT2D eigenvalue weighted by Gasteiger charge is -2.31. The minimum absolute atomic E-state index is 0.852. The molecule has 0 saturated heterocycles. The number of carbonyl (C=O) groups is 1. The van der Waals surface area contributed by atoms with Gasteiger partial charge in [0.25, 0.3) is 0 Å². The summed E-state index contributed by atoms with van der Waals surface area (Å²) >= 11 is 0. The number of aromatic nitrogens is 2. The average Bonchev–Trinajstić information content (AvgIpc) is 2.62. The number of ether oxygens (including phenoxy) is 1. The monoisotopic (exact) mass is 250 g/mol. The summed E-state index contributed by atoms with van der Waals surface area (Å²) in [5, 5.41) is 0. The van der Waals surface area contributed by atoms with Crippen LogP contribution in [-0.2, 0) is 4.74 Å². The summed E-state index contributed by atoms with van der Waals surface area (Å²) in [6.07, 6.45) is -4.28. The molecular formula is C10H13F3N2O2. The van der Waals surface area contributed by atoms with Gasteiger partial charge in [0.2, 0.25) is 6.10 Å². The largest absolute Gasteiger partial charge is 0.435 e. The van der Waals surface area contributed by atoms with Crippen LogP contribution in [0.2, 0.25) is 0 Å². The molecule has 96 valence electrons. The number of nitrogens with zero attached hydrogens (tertiary/aromatic N) is 2. The molecule has 17 heavy (non-hydrogen) atoms. The van der Waals surface area contributed by atoms with E-state index in [2.05, 4.69) is 9.72 Å². The van der Waals surface area contributed by atoms with Crippen LogP contribution >= 0.6 is 0 Å². The van der Waals surface area contributed by atoms with Gasteiger partial charge < -0.3 is 4.74 Å². The maximum Gasteiger partial charge on any atom is 0.426 e. The topological polar surface area (TPSA) is 44.1 Å². The van der Waals surface area contributed by atoms with Gasteiger partial charge in [0.1, 0.15) is 6.33 Å². The Kier molecular flexibility index (Phi) is 3.49. The maximum absolute atomic E-state index is 12.7. The van der Waals surface area contributed by atoms with Gasteiger partial charge >= 0.3 is 12.3 Å². The fourth-order valence-corrected chi connectivity index (χ4v) is 1.26. The zero-order valence-corrected chi connectivity index (χ0v) is 9.65. The summed E-state index contributed by atoms with van der Waals surface area (Å²) < 4.78 is 43.5. The molecule has 0 aliphatic carbocycles. The molecular weight excluding hydrogens is 237 g/mol. The van der Waals surface area contributed by atoms with E-state index in [4.69, 9.17) is 0 Å². The van der Waals surface area contributed by atoms with Crippen LogP contribution in [0.25, 0.3) is 0 Å². The van der Waals surface area contributed by atoms with Crippen LogP contribution < -0.4 is 0 Å².